The first-order chi connectivity index (χ1) is 16.1. The number of nitrogens with one attached hydrogen (secondary N) is 1. The van der Waals surface area contributed by atoms with E-state index in [2.05, 4.69) is 10.3 Å². The maximum Gasteiger partial charge on any atom is 0.273 e. The van der Waals surface area contributed by atoms with E-state index < -0.39 is 23.7 Å². The van der Waals surface area contributed by atoms with Crippen molar-refractivity contribution in [1.82, 2.24) is 15.2 Å². The Hall–Kier alpha value is -4.26. The van der Waals surface area contributed by atoms with E-state index in [-0.39, 0.29) is 18.8 Å². The predicted octanol–water partition coefficient (Wildman–Crippen LogP) is 4.51. The van der Waals surface area contributed by atoms with Crippen molar-refractivity contribution >= 4 is 11.8 Å². The van der Waals surface area contributed by atoms with Crippen LogP contribution in [0, 0.1) is 5.82 Å². The number of carbonyl (C=O) groups excluding carboxylic acids is 2. The third-order valence-electron chi connectivity index (χ3n) is 5.11. The molecule has 4 rings (SSSR count). The van der Waals surface area contributed by atoms with Crippen LogP contribution in [0.3, 0.4) is 0 Å². The van der Waals surface area contributed by atoms with Gasteiger partial charge in [0.1, 0.15) is 23.3 Å². The topological polar surface area (TPSA) is 75.4 Å². The standard InChI is InChI=1S/C26H22FN3O3/c27-21-13-11-20(12-14-21)24(25(31)29-17-19-7-2-1-3-8-19)30(18-22-9-6-16-33-22)26(32)23-10-4-5-15-28-23/h1-16,24H,17-18H2,(H,29,31)/t24-/m1/s1. The highest BCUT2D eigenvalue weighted by atomic mass is 19.1. The Morgan fingerprint density at radius 2 is 1.70 bits per heavy atom. The molecule has 0 saturated carbocycles. The highest BCUT2D eigenvalue weighted by Gasteiger charge is 2.33. The minimum atomic E-state index is -1.03. The Kier molecular flexibility index (Phi) is 6.90. The van der Waals surface area contributed by atoms with Crippen LogP contribution in [0.4, 0.5) is 4.39 Å². The van der Waals surface area contributed by atoms with Gasteiger partial charge in [-0.1, -0.05) is 48.5 Å². The van der Waals surface area contributed by atoms with Crippen molar-refractivity contribution in [3.05, 3.63) is 126 Å². The maximum absolute atomic E-state index is 13.6. The van der Waals surface area contributed by atoms with Gasteiger partial charge in [0.25, 0.3) is 5.91 Å². The van der Waals surface area contributed by atoms with Gasteiger partial charge < -0.3 is 14.6 Å². The second-order valence-electron chi connectivity index (χ2n) is 7.38. The largest absolute Gasteiger partial charge is 0.467 e. The molecule has 1 atom stereocenters. The molecule has 0 unspecified atom stereocenters. The van der Waals surface area contributed by atoms with Gasteiger partial charge in [0.05, 0.1) is 12.8 Å². The molecular formula is C26H22FN3O3. The van der Waals surface area contributed by atoms with Gasteiger partial charge in [0.15, 0.2) is 0 Å². The quantitative estimate of drug-likeness (QED) is 0.435. The average Bonchev–Trinajstić information content (AvgIpc) is 3.37. The molecule has 33 heavy (non-hydrogen) atoms. The molecule has 0 aliphatic rings. The lowest BCUT2D eigenvalue weighted by atomic mass is 10.0. The van der Waals surface area contributed by atoms with Crippen LogP contribution in [0.5, 0.6) is 0 Å². The molecular weight excluding hydrogens is 421 g/mol. The Balaban J connectivity index is 1.70. The summed E-state index contributed by atoms with van der Waals surface area (Å²) in [5.74, 6) is -0.782. The van der Waals surface area contributed by atoms with E-state index in [4.69, 9.17) is 4.42 Å². The van der Waals surface area contributed by atoms with Gasteiger partial charge >= 0.3 is 0 Å². The number of hydrogen-bond acceptors (Lipinski definition) is 4. The van der Waals surface area contributed by atoms with E-state index in [9.17, 15) is 14.0 Å². The number of furan rings is 1. The van der Waals surface area contributed by atoms with E-state index in [1.165, 1.54) is 41.6 Å². The first-order valence-corrected chi connectivity index (χ1v) is 10.4. The number of amides is 2. The second kappa shape index (κ2) is 10.4. The highest BCUT2D eigenvalue weighted by Crippen LogP contribution is 2.26. The normalized spacial score (nSPS) is 11.5. The molecule has 1 N–H and O–H groups in total. The van der Waals surface area contributed by atoms with Gasteiger partial charge in [0, 0.05) is 12.7 Å². The fourth-order valence-electron chi connectivity index (χ4n) is 3.49. The fourth-order valence-corrected chi connectivity index (χ4v) is 3.49. The van der Waals surface area contributed by atoms with Crippen LogP contribution in [0.1, 0.15) is 33.4 Å². The molecule has 6 nitrogen and oxygen atoms in total. The Morgan fingerprint density at radius 1 is 0.939 bits per heavy atom. The summed E-state index contributed by atoms with van der Waals surface area (Å²) >= 11 is 0. The lowest BCUT2D eigenvalue weighted by Crippen LogP contribution is -2.43. The zero-order valence-corrected chi connectivity index (χ0v) is 17.7. The zero-order chi connectivity index (χ0) is 23.0. The molecule has 0 aliphatic heterocycles. The molecule has 2 aromatic heterocycles. The van der Waals surface area contributed by atoms with Crippen molar-refractivity contribution in [3.8, 4) is 0 Å². The lowest BCUT2D eigenvalue weighted by molar-refractivity contribution is -0.126. The van der Waals surface area contributed by atoms with E-state index in [0.717, 1.165) is 5.56 Å². The van der Waals surface area contributed by atoms with Crippen LogP contribution >= 0.6 is 0 Å². The molecule has 2 amide bonds. The van der Waals surface area contributed by atoms with Crippen LogP contribution in [-0.4, -0.2) is 21.7 Å². The minimum Gasteiger partial charge on any atom is -0.467 e. The molecule has 7 heteroatoms. The van der Waals surface area contributed by atoms with Crippen molar-refractivity contribution in [2.45, 2.75) is 19.1 Å². The van der Waals surface area contributed by atoms with E-state index in [1.54, 1.807) is 30.3 Å². The minimum absolute atomic E-state index is 0.0310. The van der Waals surface area contributed by atoms with Gasteiger partial charge in [-0.15, -0.1) is 0 Å². The van der Waals surface area contributed by atoms with E-state index in [0.29, 0.717) is 11.3 Å². The van der Waals surface area contributed by atoms with Crippen molar-refractivity contribution in [3.63, 3.8) is 0 Å². The van der Waals surface area contributed by atoms with Gasteiger partial charge in [-0.05, 0) is 47.5 Å². The molecule has 0 fully saturated rings. The zero-order valence-electron chi connectivity index (χ0n) is 17.7. The molecule has 0 radical (unpaired) electrons. The summed E-state index contributed by atoms with van der Waals surface area (Å²) in [4.78, 5) is 32.5. The number of halogens is 1. The van der Waals surface area contributed by atoms with Crippen molar-refractivity contribution in [2.24, 2.45) is 0 Å². The number of pyridine rings is 1. The van der Waals surface area contributed by atoms with Gasteiger partial charge in [-0.3, -0.25) is 14.6 Å². The first kappa shape index (κ1) is 22.0. The summed E-state index contributed by atoms with van der Waals surface area (Å²) in [5, 5.41) is 2.90. The third kappa shape index (κ3) is 5.51. The van der Waals surface area contributed by atoms with Crippen LogP contribution in [-0.2, 0) is 17.9 Å². The van der Waals surface area contributed by atoms with Crippen LogP contribution in [0.2, 0.25) is 0 Å². The Labute approximate surface area is 190 Å². The van der Waals surface area contributed by atoms with Crippen LogP contribution < -0.4 is 5.32 Å². The highest BCUT2D eigenvalue weighted by molar-refractivity contribution is 5.96. The molecule has 0 bridgehead atoms. The average molecular weight is 443 g/mol. The smallest absolute Gasteiger partial charge is 0.273 e. The lowest BCUT2D eigenvalue weighted by Gasteiger charge is -2.30. The summed E-state index contributed by atoms with van der Waals surface area (Å²) in [6.45, 7) is 0.312. The molecule has 0 spiro atoms. The SMILES string of the molecule is O=C(NCc1ccccc1)[C@@H](c1ccc(F)cc1)N(Cc1ccco1)C(=O)c1ccccn1. The number of benzene rings is 2. The first-order valence-electron chi connectivity index (χ1n) is 10.4. The predicted molar refractivity (Wildman–Crippen MR) is 120 cm³/mol. The monoisotopic (exact) mass is 443 g/mol. The number of rotatable bonds is 8. The van der Waals surface area contributed by atoms with Gasteiger partial charge in [-0.25, -0.2) is 4.39 Å². The molecule has 0 aliphatic carbocycles. The molecule has 0 saturated heterocycles. The van der Waals surface area contributed by atoms with Crippen molar-refractivity contribution in [1.29, 1.82) is 0 Å². The third-order valence-corrected chi connectivity index (χ3v) is 5.11. The van der Waals surface area contributed by atoms with Crippen molar-refractivity contribution in [2.75, 3.05) is 0 Å². The molecule has 2 heterocycles. The summed E-state index contributed by atoms with van der Waals surface area (Å²) < 4.78 is 19.1. The number of hydrogen-bond donors (Lipinski definition) is 1. The summed E-state index contributed by atoms with van der Waals surface area (Å²) in [6.07, 6.45) is 3.02. The molecule has 4 aromatic rings. The van der Waals surface area contributed by atoms with E-state index >= 15 is 0 Å². The number of aromatic nitrogens is 1. The Bertz CT molecular complexity index is 1180. The second-order valence-corrected chi connectivity index (χ2v) is 7.38. The Morgan fingerprint density at radius 3 is 2.36 bits per heavy atom. The van der Waals surface area contributed by atoms with Gasteiger partial charge in [-0.2, -0.15) is 0 Å². The summed E-state index contributed by atoms with van der Waals surface area (Å²) in [6, 6.07) is 22.4. The molecule has 166 valence electrons. The van der Waals surface area contributed by atoms with E-state index in [1.807, 2.05) is 30.3 Å². The summed E-state index contributed by atoms with van der Waals surface area (Å²) in [5.41, 5.74) is 1.57. The van der Waals surface area contributed by atoms with Crippen LogP contribution in [0.25, 0.3) is 0 Å². The van der Waals surface area contributed by atoms with Gasteiger partial charge in [0.2, 0.25) is 5.91 Å². The van der Waals surface area contributed by atoms with Crippen LogP contribution in [0.15, 0.2) is 102 Å². The fraction of sp³-hybridized carbons (Fsp3) is 0.115. The van der Waals surface area contributed by atoms with Crippen molar-refractivity contribution < 1.29 is 18.4 Å². The molecule has 2 aromatic carbocycles. The summed E-state index contributed by atoms with van der Waals surface area (Å²) in [7, 11) is 0. The number of nitrogens with zero attached hydrogens (tertiary/aromatic N) is 2. The number of carbonyl (C=O) groups is 2. The maximum atomic E-state index is 13.6.